The highest BCUT2D eigenvalue weighted by molar-refractivity contribution is 7.11. The van der Waals surface area contributed by atoms with E-state index >= 15 is 0 Å². The molecule has 0 atom stereocenters. The zero-order valence-electron chi connectivity index (χ0n) is 15.7. The number of nitrogens with one attached hydrogen (secondary N) is 1. The van der Waals surface area contributed by atoms with Crippen molar-refractivity contribution >= 4 is 46.3 Å². The van der Waals surface area contributed by atoms with Gasteiger partial charge in [0.2, 0.25) is 5.95 Å². The third-order valence-corrected chi connectivity index (χ3v) is 5.72. The quantitative estimate of drug-likeness (QED) is 0.391. The van der Waals surface area contributed by atoms with Crippen molar-refractivity contribution in [2.45, 2.75) is 6.54 Å². The van der Waals surface area contributed by atoms with E-state index in [4.69, 9.17) is 11.6 Å². The molecule has 0 aliphatic heterocycles. The van der Waals surface area contributed by atoms with Crippen LogP contribution in [0.15, 0.2) is 56.5 Å². The maximum Gasteiger partial charge on any atom is 0.332 e. The van der Waals surface area contributed by atoms with Crippen LogP contribution in [-0.2, 0) is 20.6 Å². The summed E-state index contributed by atoms with van der Waals surface area (Å²) in [5.74, 6) is 0.357. The number of thiophene rings is 1. The number of aryl methyl sites for hydroxylation is 2. The molecule has 148 valence electrons. The Morgan fingerprint density at radius 1 is 1.17 bits per heavy atom. The topological polar surface area (TPSA) is 86.2 Å². The molecule has 1 N–H and O–H groups in total. The minimum atomic E-state index is -0.464. The van der Waals surface area contributed by atoms with Crippen LogP contribution in [0.25, 0.3) is 11.2 Å². The maximum absolute atomic E-state index is 13.1. The normalized spacial score (nSPS) is 11.6. The second kappa shape index (κ2) is 7.69. The van der Waals surface area contributed by atoms with Gasteiger partial charge in [0.15, 0.2) is 11.2 Å². The van der Waals surface area contributed by atoms with Gasteiger partial charge in [0.1, 0.15) is 0 Å². The van der Waals surface area contributed by atoms with Gasteiger partial charge in [-0.2, -0.15) is 10.1 Å². The van der Waals surface area contributed by atoms with Crippen LogP contribution in [0.5, 0.6) is 0 Å². The first kappa shape index (κ1) is 19.2. The zero-order chi connectivity index (χ0) is 20.5. The Morgan fingerprint density at radius 2 is 1.97 bits per heavy atom. The van der Waals surface area contributed by atoms with Gasteiger partial charge in [0.05, 0.1) is 12.8 Å². The Hall–Kier alpha value is -3.17. The Morgan fingerprint density at radius 3 is 2.69 bits per heavy atom. The predicted molar refractivity (Wildman–Crippen MR) is 116 cm³/mol. The number of hydrazone groups is 1. The van der Waals surface area contributed by atoms with Crippen LogP contribution in [0, 0.1) is 0 Å². The van der Waals surface area contributed by atoms with Crippen LogP contribution in [0.3, 0.4) is 0 Å². The number of aromatic nitrogens is 4. The first-order valence-electron chi connectivity index (χ1n) is 8.69. The summed E-state index contributed by atoms with van der Waals surface area (Å²) in [7, 11) is 3.28. The van der Waals surface area contributed by atoms with E-state index in [1.165, 1.54) is 4.57 Å². The average Bonchev–Trinajstić information content (AvgIpc) is 3.33. The van der Waals surface area contributed by atoms with Gasteiger partial charge < -0.3 is 4.57 Å². The van der Waals surface area contributed by atoms with Crippen molar-refractivity contribution in [1.29, 1.82) is 0 Å². The molecule has 0 aliphatic rings. The lowest BCUT2D eigenvalue weighted by molar-refractivity contribution is 0.655. The van der Waals surface area contributed by atoms with Crippen LogP contribution in [-0.4, -0.2) is 24.9 Å². The number of fused-ring (bicyclic) bond motifs is 1. The fourth-order valence-corrected chi connectivity index (χ4v) is 3.78. The molecule has 0 saturated carbocycles. The van der Waals surface area contributed by atoms with E-state index < -0.39 is 11.2 Å². The van der Waals surface area contributed by atoms with Gasteiger partial charge in [-0.15, -0.1) is 11.3 Å². The number of anilines is 1. The van der Waals surface area contributed by atoms with Gasteiger partial charge in [-0.3, -0.25) is 13.9 Å². The molecule has 10 heteroatoms. The minimum absolute atomic E-state index is 0.0750. The van der Waals surface area contributed by atoms with Crippen LogP contribution in [0.2, 0.25) is 5.02 Å². The van der Waals surface area contributed by atoms with Crippen molar-refractivity contribution in [3.05, 3.63) is 78.1 Å². The third kappa shape index (κ3) is 3.50. The molecule has 0 amide bonds. The van der Waals surface area contributed by atoms with Crippen molar-refractivity contribution in [1.82, 2.24) is 18.7 Å². The average molecular weight is 429 g/mol. The largest absolute Gasteiger partial charge is 0.332 e. The lowest BCUT2D eigenvalue weighted by atomic mass is 10.2. The number of hydrogen-bond acceptors (Lipinski definition) is 6. The highest BCUT2D eigenvalue weighted by atomic mass is 35.5. The van der Waals surface area contributed by atoms with E-state index in [-0.39, 0.29) is 12.2 Å². The molecular formula is C19H17ClN6O2S. The second-order valence-electron chi connectivity index (χ2n) is 6.38. The smallest absolute Gasteiger partial charge is 0.306 e. The Labute approximate surface area is 174 Å². The van der Waals surface area contributed by atoms with Crippen molar-refractivity contribution in [2.24, 2.45) is 19.2 Å². The van der Waals surface area contributed by atoms with E-state index in [9.17, 15) is 9.59 Å². The van der Waals surface area contributed by atoms with Crippen molar-refractivity contribution in [2.75, 3.05) is 5.43 Å². The summed E-state index contributed by atoms with van der Waals surface area (Å²) in [6, 6.07) is 11.0. The van der Waals surface area contributed by atoms with E-state index in [0.29, 0.717) is 22.1 Å². The standard InChI is InChI=1S/C19H17ClN6O2S/c1-24-15-16(22-18(24)23-21-10-13-7-5-9-29-13)25(2)19(28)26(17(15)27)11-12-6-3-4-8-14(12)20/h3-10H,11H2,1-2H3,(H,22,23)/b21-10-. The SMILES string of the molecule is Cn1c(N/N=C\c2cccs2)nc2c1c(=O)n(Cc1ccccc1Cl)c(=O)n2C. The first-order valence-corrected chi connectivity index (χ1v) is 9.95. The Balaban J connectivity index is 1.78. The fourth-order valence-electron chi connectivity index (χ4n) is 3.00. The molecule has 3 aromatic heterocycles. The Bertz CT molecular complexity index is 1330. The van der Waals surface area contributed by atoms with E-state index in [2.05, 4.69) is 15.5 Å². The molecule has 0 bridgehead atoms. The highest BCUT2D eigenvalue weighted by Crippen LogP contribution is 2.17. The summed E-state index contributed by atoms with van der Waals surface area (Å²) in [5, 5.41) is 6.61. The lowest BCUT2D eigenvalue weighted by Gasteiger charge is -2.09. The fraction of sp³-hybridized carbons (Fsp3) is 0.158. The number of imidazole rings is 1. The number of halogens is 1. The summed E-state index contributed by atoms with van der Waals surface area (Å²) >= 11 is 7.76. The van der Waals surface area contributed by atoms with Crippen LogP contribution in [0.1, 0.15) is 10.4 Å². The maximum atomic E-state index is 13.1. The molecule has 1 aromatic carbocycles. The molecule has 4 aromatic rings. The van der Waals surface area contributed by atoms with Crippen molar-refractivity contribution in [3.8, 4) is 0 Å². The molecule has 0 unspecified atom stereocenters. The van der Waals surface area contributed by atoms with E-state index in [0.717, 1.165) is 9.44 Å². The number of benzene rings is 1. The monoisotopic (exact) mass is 428 g/mol. The van der Waals surface area contributed by atoms with Crippen molar-refractivity contribution < 1.29 is 0 Å². The first-order chi connectivity index (χ1) is 14.0. The number of rotatable bonds is 5. The molecule has 29 heavy (non-hydrogen) atoms. The molecule has 0 radical (unpaired) electrons. The third-order valence-electron chi connectivity index (χ3n) is 4.55. The van der Waals surface area contributed by atoms with Gasteiger partial charge >= 0.3 is 5.69 Å². The molecule has 0 spiro atoms. The second-order valence-corrected chi connectivity index (χ2v) is 7.76. The highest BCUT2D eigenvalue weighted by Gasteiger charge is 2.19. The number of nitrogens with zero attached hydrogens (tertiary/aromatic N) is 5. The van der Waals surface area contributed by atoms with Crippen LogP contribution in [0.4, 0.5) is 5.95 Å². The van der Waals surface area contributed by atoms with Gasteiger partial charge in [-0.25, -0.2) is 10.2 Å². The summed E-state index contributed by atoms with van der Waals surface area (Å²) in [6.07, 6.45) is 1.67. The molecule has 8 nitrogen and oxygen atoms in total. The van der Waals surface area contributed by atoms with Gasteiger partial charge in [-0.1, -0.05) is 35.9 Å². The molecule has 0 saturated heterocycles. The Kier molecular flexibility index (Phi) is 5.08. The van der Waals surface area contributed by atoms with E-state index in [1.807, 2.05) is 23.6 Å². The van der Waals surface area contributed by atoms with Crippen LogP contribution < -0.4 is 16.7 Å². The lowest BCUT2D eigenvalue weighted by Crippen LogP contribution is -2.39. The summed E-state index contributed by atoms with van der Waals surface area (Å²) in [5.41, 5.74) is 3.21. The molecule has 4 rings (SSSR count). The molecule has 0 fully saturated rings. The van der Waals surface area contributed by atoms with E-state index in [1.54, 1.807) is 54.4 Å². The summed E-state index contributed by atoms with van der Waals surface area (Å²) in [4.78, 5) is 31.2. The summed E-state index contributed by atoms with van der Waals surface area (Å²) < 4.78 is 4.09. The van der Waals surface area contributed by atoms with Gasteiger partial charge in [-0.05, 0) is 23.1 Å². The molecular weight excluding hydrogens is 412 g/mol. The minimum Gasteiger partial charge on any atom is -0.306 e. The molecule has 0 aliphatic carbocycles. The predicted octanol–water partition coefficient (Wildman–Crippen LogP) is 2.64. The number of hydrogen-bond donors (Lipinski definition) is 1. The van der Waals surface area contributed by atoms with Gasteiger partial charge in [0, 0.05) is 24.0 Å². The van der Waals surface area contributed by atoms with Crippen LogP contribution >= 0.6 is 22.9 Å². The zero-order valence-corrected chi connectivity index (χ0v) is 17.2. The van der Waals surface area contributed by atoms with Gasteiger partial charge in [0.25, 0.3) is 5.56 Å². The van der Waals surface area contributed by atoms with Crippen molar-refractivity contribution in [3.63, 3.8) is 0 Å². The summed E-state index contributed by atoms with van der Waals surface area (Å²) in [6.45, 7) is 0.0750. The molecule has 3 heterocycles.